The minimum atomic E-state index is 0.364. The van der Waals surface area contributed by atoms with Crippen LogP contribution in [-0.4, -0.2) is 48.9 Å². The van der Waals surface area contributed by atoms with Crippen LogP contribution in [-0.2, 0) is 4.79 Å². The first-order chi connectivity index (χ1) is 6.18. The Labute approximate surface area is 79.7 Å². The molecule has 1 saturated carbocycles. The third-order valence-electron chi connectivity index (χ3n) is 3.24. The molecule has 0 spiro atoms. The third kappa shape index (κ3) is 1.85. The van der Waals surface area contributed by atoms with E-state index in [1.807, 2.05) is 4.90 Å². The molecule has 0 radical (unpaired) electrons. The van der Waals surface area contributed by atoms with Gasteiger partial charge in [-0.3, -0.25) is 4.79 Å². The van der Waals surface area contributed by atoms with Gasteiger partial charge < -0.3 is 9.80 Å². The van der Waals surface area contributed by atoms with Crippen LogP contribution >= 0.6 is 0 Å². The Bertz CT molecular complexity index is 209. The maximum Gasteiger partial charge on any atom is 0.226 e. The quantitative estimate of drug-likeness (QED) is 0.586. The smallest absolute Gasteiger partial charge is 0.226 e. The molecular weight excluding hydrogens is 164 g/mol. The van der Waals surface area contributed by atoms with Gasteiger partial charge in [0.25, 0.3) is 0 Å². The molecule has 1 amide bonds. The lowest BCUT2D eigenvalue weighted by Gasteiger charge is -2.32. The average Bonchev–Trinajstić information content (AvgIpc) is 2.83. The number of carbonyl (C=O) groups excluding carboxylic acids is 1. The Morgan fingerprint density at radius 3 is 2.23 bits per heavy atom. The molecule has 1 aliphatic heterocycles. The van der Waals surface area contributed by atoms with Crippen molar-refractivity contribution in [1.29, 1.82) is 0 Å². The summed E-state index contributed by atoms with van der Waals surface area (Å²) in [5, 5.41) is 0. The van der Waals surface area contributed by atoms with Crippen LogP contribution in [0.3, 0.4) is 0 Å². The molecule has 0 aromatic heterocycles. The number of likely N-dealkylation sites (N-methyl/N-ethyl adjacent to an activating group) is 1. The second kappa shape index (κ2) is 3.29. The van der Waals surface area contributed by atoms with E-state index in [0.29, 0.717) is 17.7 Å². The molecule has 0 aromatic rings. The first kappa shape index (κ1) is 9.00. The molecule has 3 nitrogen and oxygen atoms in total. The molecule has 2 aliphatic rings. The lowest BCUT2D eigenvalue weighted by Crippen LogP contribution is -2.47. The van der Waals surface area contributed by atoms with Crippen LogP contribution in [0.25, 0.3) is 0 Å². The monoisotopic (exact) mass is 182 g/mol. The summed E-state index contributed by atoms with van der Waals surface area (Å²) in [6, 6.07) is 0. The second-order valence-electron chi connectivity index (χ2n) is 4.45. The van der Waals surface area contributed by atoms with Crippen LogP contribution in [0.15, 0.2) is 0 Å². The second-order valence-corrected chi connectivity index (χ2v) is 4.45. The fourth-order valence-electron chi connectivity index (χ4n) is 1.93. The Morgan fingerprint density at radius 2 is 1.77 bits per heavy atom. The predicted octanol–water partition coefficient (Wildman–Crippen LogP) is 0.416. The van der Waals surface area contributed by atoms with E-state index in [1.54, 1.807) is 0 Å². The van der Waals surface area contributed by atoms with E-state index >= 15 is 0 Å². The molecule has 0 bridgehead atoms. The zero-order chi connectivity index (χ0) is 9.42. The molecule has 0 aromatic carbocycles. The van der Waals surface area contributed by atoms with Crippen molar-refractivity contribution in [2.24, 2.45) is 11.8 Å². The molecule has 0 N–H and O–H groups in total. The van der Waals surface area contributed by atoms with Crippen molar-refractivity contribution in [3.8, 4) is 0 Å². The van der Waals surface area contributed by atoms with Crippen LogP contribution in [0, 0.1) is 11.8 Å². The van der Waals surface area contributed by atoms with Crippen molar-refractivity contribution in [3.05, 3.63) is 0 Å². The molecule has 1 heterocycles. The molecule has 2 unspecified atom stereocenters. The van der Waals surface area contributed by atoms with Gasteiger partial charge in [0, 0.05) is 32.1 Å². The van der Waals surface area contributed by atoms with E-state index in [4.69, 9.17) is 0 Å². The van der Waals surface area contributed by atoms with E-state index in [1.165, 1.54) is 0 Å². The van der Waals surface area contributed by atoms with Gasteiger partial charge in [-0.05, 0) is 19.4 Å². The first-order valence-corrected chi connectivity index (χ1v) is 5.16. The number of nitrogens with zero attached hydrogens (tertiary/aromatic N) is 2. The summed E-state index contributed by atoms with van der Waals surface area (Å²) >= 11 is 0. The maximum atomic E-state index is 11.8. The molecular formula is C10H18N2O. The standard InChI is InChI=1S/C10H18N2O/c1-8-7-9(8)10(13)12-5-3-11(2)4-6-12/h8-9H,3-7H2,1-2H3. The normalized spacial score (nSPS) is 34.8. The Balaban J connectivity index is 1.84. The molecule has 74 valence electrons. The molecule has 3 heteroatoms. The number of carbonyl (C=O) groups is 1. The van der Waals surface area contributed by atoms with Crippen LogP contribution in [0.1, 0.15) is 13.3 Å². The van der Waals surface area contributed by atoms with E-state index in [9.17, 15) is 4.79 Å². The number of rotatable bonds is 1. The van der Waals surface area contributed by atoms with E-state index in [0.717, 1.165) is 32.6 Å². The van der Waals surface area contributed by atoms with Gasteiger partial charge in [-0.2, -0.15) is 0 Å². The Kier molecular flexibility index (Phi) is 2.28. The van der Waals surface area contributed by atoms with E-state index in [-0.39, 0.29) is 0 Å². The number of amides is 1. The Morgan fingerprint density at radius 1 is 1.23 bits per heavy atom. The summed E-state index contributed by atoms with van der Waals surface area (Å²) < 4.78 is 0. The molecule has 1 aliphatic carbocycles. The molecule has 13 heavy (non-hydrogen) atoms. The number of piperazine rings is 1. The fourth-order valence-corrected chi connectivity index (χ4v) is 1.93. The van der Waals surface area contributed by atoms with Crippen LogP contribution in [0.5, 0.6) is 0 Å². The van der Waals surface area contributed by atoms with Crippen molar-refractivity contribution in [2.75, 3.05) is 33.2 Å². The minimum Gasteiger partial charge on any atom is -0.340 e. The lowest BCUT2D eigenvalue weighted by molar-refractivity contribution is -0.134. The topological polar surface area (TPSA) is 23.6 Å². The Hall–Kier alpha value is -0.570. The average molecular weight is 182 g/mol. The van der Waals surface area contributed by atoms with Gasteiger partial charge in [0.05, 0.1) is 0 Å². The van der Waals surface area contributed by atoms with Crippen molar-refractivity contribution in [2.45, 2.75) is 13.3 Å². The summed E-state index contributed by atoms with van der Waals surface area (Å²) in [5.41, 5.74) is 0. The van der Waals surface area contributed by atoms with Crippen molar-refractivity contribution in [1.82, 2.24) is 9.80 Å². The summed E-state index contributed by atoms with van der Waals surface area (Å²) in [6.45, 7) is 6.09. The highest BCUT2D eigenvalue weighted by Gasteiger charge is 2.41. The van der Waals surface area contributed by atoms with Crippen molar-refractivity contribution >= 4 is 5.91 Å². The van der Waals surface area contributed by atoms with Crippen molar-refractivity contribution in [3.63, 3.8) is 0 Å². The largest absolute Gasteiger partial charge is 0.340 e. The van der Waals surface area contributed by atoms with Crippen LogP contribution in [0.2, 0.25) is 0 Å². The summed E-state index contributed by atoms with van der Waals surface area (Å²) in [4.78, 5) is 16.1. The number of hydrogen-bond acceptors (Lipinski definition) is 2. The summed E-state index contributed by atoms with van der Waals surface area (Å²) in [5.74, 6) is 1.41. The zero-order valence-electron chi connectivity index (χ0n) is 8.49. The van der Waals surface area contributed by atoms with E-state index in [2.05, 4.69) is 18.9 Å². The lowest BCUT2D eigenvalue weighted by atomic mass is 10.2. The third-order valence-corrected chi connectivity index (χ3v) is 3.24. The summed E-state index contributed by atoms with van der Waals surface area (Å²) in [7, 11) is 2.11. The molecule has 1 saturated heterocycles. The molecule has 2 atom stereocenters. The van der Waals surface area contributed by atoms with Crippen LogP contribution in [0.4, 0.5) is 0 Å². The molecule has 2 rings (SSSR count). The fraction of sp³-hybridized carbons (Fsp3) is 0.900. The highest BCUT2D eigenvalue weighted by Crippen LogP contribution is 2.39. The van der Waals surface area contributed by atoms with Crippen molar-refractivity contribution < 1.29 is 4.79 Å². The highest BCUT2D eigenvalue weighted by molar-refractivity contribution is 5.81. The molecule has 2 fully saturated rings. The van der Waals surface area contributed by atoms with Gasteiger partial charge in [-0.1, -0.05) is 6.92 Å². The van der Waals surface area contributed by atoms with Gasteiger partial charge in [0.15, 0.2) is 0 Å². The summed E-state index contributed by atoms with van der Waals surface area (Å²) in [6.07, 6.45) is 1.12. The predicted molar refractivity (Wildman–Crippen MR) is 51.3 cm³/mol. The van der Waals surface area contributed by atoms with Crippen LogP contribution < -0.4 is 0 Å². The van der Waals surface area contributed by atoms with Gasteiger partial charge in [-0.25, -0.2) is 0 Å². The minimum absolute atomic E-state index is 0.364. The van der Waals surface area contributed by atoms with Gasteiger partial charge >= 0.3 is 0 Å². The highest BCUT2D eigenvalue weighted by atomic mass is 16.2. The van der Waals surface area contributed by atoms with Gasteiger partial charge in [-0.15, -0.1) is 0 Å². The first-order valence-electron chi connectivity index (χ1n) is 5.16. The zero-order valence-corrected chi connectivity index (χ0v) is 8.49. The SMILES string of the molecule is CC1CC1C(=O)N1CCN(C)CC1. The number of hydrogen-bond donors (Lipinski definition) is 0. The van der Waals surface area contributed by atoms with Gasteiger partial charge in [0.1, 0.15) is 0 Å². The maximum absolute atomic E-state index is 11.8. The van der Waals surface area contributed by atoms with E-state index < -0.39 is 0 Å². The van der Waals surface area contributed by atoms with Gasteiger partial charge in [0.2, 0.25) is 5.91 Å².